The van der Waals surface area contributed by atoms with Crippen LogP contribution in [0.25, 0.3) is 43.6 Å². The van der Waals surface area contributed by atoms with Crippen LogP contribution in [0.4, 0.5) is 0 Å². The van der Waals surface area contributed by atoms with Crippen LogP contribution in [-0.2, 0) is 0 Å². The van der Waals surface area contributed by atoms with Crippen LogP contribution in [0.15, 0.2) is 91.0 Å². The number of nitrogens with one attached hydrogen (secondary N) is 2. The molecule has 34 heavy (non-hydrogen) atoms. The molecule has 164 valence electrons. The summed E-state index contributed by atoms with van der Waals surface area (Å²) in [5.74, 6) is 0. The Kier molecular flexibility index (Phi) is 16.6. The van der Waals surface area contributed by atoms with E-state index in [1.54, 1.807) is 0 Å². The van der Waals surface area contributed by atoms with Crippen molar-refractivity contribution in [2.24, 2.45) is 0 Å². The van der Waals surface area contributed by atoms with Gasteiger partial charge in [0.1, 0.15) is 0 Å². The molecule has 0 atom stereocenters. The summed E-state index contributed by atoms with van der Waals surface area (Å²) in [5, 5.41) is 5.23. The summed E-state index contributed by atoms with van der Waals surface area (Å²) in [6.45, 7) is 0. The maximum absolute atomic E-state index is 8.57. The van der Waals surface area contributed by atoms with Crippen molar-refractivity contribution < 1.29 is 158 Å². The second kappa shape index (κ2) is 16.7. The average Bonchev–Trinajstić information content (AvgIpc) is 3.32. The standard InChI is InChI=1S/C12H8IN.C12H9N.IO3.HI.2K/c13-8-5-6-12-10(7-8)9-3-1-2-4-11(9)14-12;1-3-7-11-9(5-1)10-6-2-4-8-12(10)13-11;2-1(3)4;;;/h1-7,14H;1-8,13H;;1H;;/q;;-1;;2*+1/p-1. The second-order valence-corrected chi connectivity index (χ2v) is 9.09. The second-order valence-electron chi connectivity index (χ2n) is 6.77. The topological polar surface area (TPSA) is 101 Å². The van der Waals surface area contributed by atoms with E-state index < -0.39 is 21.1 Å². The van der Waals surface area contributed by atoms with Gasteiger partial charge in [0.25, 0.3) is 21.1 Å². The van der Waals surface area contributed by atoms with E-state index in [9.17, 15) is 0 Å². The number of para-hydroxylation sites is 3. The summed E-state index contributed by atoms with van der Waals surface area (Å²) in [7, 11) is 0. The van der Waals surface area contributed by atoms with Crippen molar-refractivity contribution in [3.8, 4) is 0 Å². The molecule has 2 aromatic heterocycles. The van der Waals surface area contributed by atoms with Gasteiger partial charge in [0, 0.05) is 47.2 Å². The van der Waals surface area contributed by atoms with Gasteiger partial charge in [0.05, 0.1) is 0 Å². The molecule has 0 spiro atoms. The Bertz CT molecular complexity index is 1420. The van der Waals surface area contributed by atoms with Crippen molar-refractivity contribution in [1.82, 2.24) is 9.97 Å². The maximum Gasteiger partial charge on any atom is 1.00 e. The molecular formula is C24H17I3K2N2O3. The summed E-state index contributed by atoms with van der Waals surface area (Å²) < 4.78 is 27.0. The molecule has 0 aliphatic carbocycles. The molecule has 0 aliphatic rings. The largest absolute Gasteiger partial charge is 1.00 e. The van der Waals surface area contributed by atoms with Crippen molar-refractivity contribution in [2.45, 2.75) is 0 Å². The van der Waals surface area contributed by atoms with Crippen molar-refractivity contribution in [3.63, 3.8) is 0 Å². The fraction of sp³-hybridized carbons (Fsp3) is 0. The van der Waals surface area contributed by atoms with Gasteiger partial charge in [-0.3, -0.25) is 0 Å². The van der Waals surface area contributed by atoms with Crippen LogP contribution in [0, 0.1) is 3.57 Å². The van der Waals surface area contributed by atoms with E-state index in [0.29, 0.717) is 0 Å². The SMILES string of the molecule is Ic1ccc2[nH]c3ccccc3c2c1.[I-].[K+].[K+].[O-][I+2]([O-])[O-].c1ccc2c(c1)[nH]c1ccccc12. The molecule has 0 saturated carbocycles. The molecule has 5 nitrogen and oxygen atoms in total. The van der Waals surface area contributed by atoms with Crippen molar-refractivity contribution >= 4 is 66.2 Å². The minimum Gasteiger partial charge on any atom is -1.00 e. The number of hydrogen-bond acceptors (Lipinski definition) is 3. The third-order valence-corrected chi connectivity index (χ3v) is 5.55. The van der Waals surface area contributed by atoms with E-state index in [2.05, 4.69) is 124 Å². The van der Waals surface area contributed by atoms with E-state index in [1.165, 1.54) is 47.2 Å². The van der Waals surface area contributed by atoms with E-state index in [-0.39, 0.29) is 127 Å². The average molecular weight is 840 g/mol. The number of halogens is 3. The van der Waals surface area contributed by atoms with E-state index in [0.717, 1.165) is 0 Å². The number of aromatic nitrogens is 2. The maximum atomic E-state index is 8.57. The third kappa shape index (κ3) is 8.95. The number of H-pyrrole nitrogens is 2. The van der Waals surface area contributed by atoms with Crippen LogP contribution in [0.2, 0.25) is 0 Å². The molecule has 6 rings (SSSR count). The molecule has 10 heteroatoms. The minimum atomic E-state index is -4.01. The van der Waals surface area contributed by atoms with Crippen LogP contribution in [0.1, 0.15) is 0 Å². The predicted octanol–water partition coefficient (Wildman–Crippen LogP) is -8.30. The Morgan fingerprint density at radius 2 is 0.853 bits per heavy atom. The summed E-state index contributed by atoms with van der Waals surface area (Å²) in [4.78, 5) is 6.78. The molecule has 0 radical (unpaired) electrons. The molecule has 0 bridgehead atoms. The number of aromatic amines is 2. The Hall–Kier alpha value is 1.82. The monoisotopic (exact) mass is 840 g/mol. The van der Waals surface area contributed by atoms with Crippen LogP contribution < -0.4 is 158 Å². The normalized spacial score (nSPS) is 9.91. The molecular weight excluding hydrogens is 823 g/mol. The van der Waals surface area contributed by atoms with Gasteiger partial charge in [-0.15, -0.1) is 0 Å². The molecule has 0 fully saturated rings. The zero-order chi connectivity index (χ0) is 21.8. The van der Waals surface area contributed by atoms with E-state index in [1.807, 2.05) is 0 Å². The fourth-order valence-corrected chi connectivity index (χ4v) is 4.11. The first kappa shape index (κ1) is 33.9. The Labute approximate surface area is 321 Å². The predicted molar refractivity (Wildman–Crippen MR) is 124 cm³/mol. The summed E-state index contributed by atoms with van der Waals surface area (Å²) in [6.07, 6.45) is 0. The molecule has 4 aromatic carbocycles. The fourth-order valence-electron chi connectivity index (χ4n) is 3.62. The smallest absolute Gasteiger partial charge is 1.00 e. The van der Waals surface area contributed by atoms with Gasteiger partial charge < -0.3 is 44.3 Å². The third-order valence-electron chi connectivity index (χ3n) is 4.88. The molecule has 0 unspecified atom stereocenters. The quantitative estimate of drug-likeness (QED) is 0.118. The Morgan fingerprint density at radius 1 is 0.529 bits per heavy atom. The van der Waals surface area contributed by atoms with Gasteiger partial charge in [-0.2, -0.15) is 0 Å². The molecule has 2 heterocycles. The van der Waals surface area contributed by atoms with Crippen LogP contribution >= 0.6 is 22.6 Å². The number of fused-ring (bicyclic) bond motifs is 6. The van der Waals surface area contributed by atoms with Gasteiger partial charge in [-0.1, -0.05) is 54.6 Å². The van der Waals surface area contributed by atoms with Crippen molar-refractivity contribution in [2.75, 3.05) is 0 Å². The van der Waals surface area contributed by atoms with E-state index in [4.69, 9.17) is 10.3 Å². The zero-order valence-corrected chi connectivity index (χ0v) is 31.2. The van der Waals surface area contributed by atoms with Gasteiger partial charge >= 0.3 is 103 Å². The minimum absolute atomic E-state index is 0. The number of benzene rings is 4. The van der Waals surface area contributed by atoms with Gasteiger partial charge in [-0.05, 0) is 59.0 Å². The Morgan fingerprint density at radius 3 is 1.26 bits per heavy atom. The van der Waals surface area contributed by atoms with Gasteiger partial charge in [0.15, 0.2) is 0 Å². The number of hydrogen-bond donors (Lipinski definition) is 2. The zero-order valence-electron chi connectivity index (χ0n) is 18.5. The molecule has 6 aromatic rings. The van der Waals surface area contributed by atoms with E-state index >= 15 is 0 Å². The van der Waals surface area contributed by atoms with Crippen LogP contribution in [0.5, 0.6) is 0 Å². The van der Waals surface area contributed by atoms with Crippen LogP contribution in [0.3, 0.4) is 0 Å². The van der Waals surface area contributed by atoms with Crippen LogP contribution in [-0.4, -0.2) is 9.97 Å². The first-order valence-corrected chi connectivity index (χ1v) is 13.1. The molecule has 2 N–H and O–H groups in total. The Balaban J connectivity index is 0.000000274. The molecule has 0 saturated heterocycles. The van der Waals surface area contributed by atoms with Gasteiger partial charge in [-0.25, -0.2) is 0 Å². The summed E-state index contributed by atoms with van der Waals surface area (Å²) in [6, 6.07) is 31.6. The van der Waals surface area contributed by atoms with Gasteiger partial charge in [0.2, 0.25) is 0 Å². The first-order chi connectivity index (χ1) is 15.0. The molecule has 0 aliphatic heterocycles. The summed E-state index contributed by atoms with van der Waals surface area (Å²) >= 11 is -1.67. The number of rotatable bonds is 0. The van der Waals surface area contributed by atoms with Crippen molar-refractivity contribution in [1.29, 1.82) is 0 Å². The van der Waals surface area contributed by atoms with Crippen molar-refractivity contribution in [3.05, 3.63) is 94.6 Å². The summed E-state index contributed by atoms with van der Waals surface area (Å²) in [5.41, 5.74) is 4.85. The first-order valence-electron chi connectivity index (χ1n) is 9.37. The molecule has 0 amide bonds.